The molecule has 0 aliphatic carbocycles. The van der Waals surface area contributed by atoms with Gasteiger partial charge in [0.15, 0.2) is 0 Å². The third kappa shape index (κ3) is 3.43. The summed E-state index contributed by atoms with van der Waals surface area (Å²) in [5, 5.41) is 3.40. The van der Waals surface area contributed by atoms with E-state index in [0.29, 0.717) is 0 Å². The maximum atomic E-state index is 4.42. The van der Waals surface area contributed by atoms with Gasteiger partial charge in [0, 0.05) is 22.1 Å². The average Bonchev–Trinajstić information content (AvgIpc) is 3.00. The summed E-state index contributed by atoms with van der Waals surface area (Å²) in [6.07, 6.45) is 6.23. The Labute approximate surface area is 113 Å². The Morgan fingerprint density at radius 1 is 1.28 bits per heavy atom. The molecule has 0 amide bonds. The quantitative estimate of drug-likeness (QED) is 0.778. The molecule has 1 N–H and O–H groups in total. The van der Waals surface area contributed by atoms with Crippen molar-refractivity contribution < 1.29 is 0 Å². The second kappa shape index (κ2) is 6.71. The summed E-state index contributed by atoms with van der Waals surface area (Å²) in [4.78, 5) is 7.27. The van der Waals surface area contributed by atoms with E-state index in [1.165, 1.54) is 9.75 Å². The van der Waals surface area contributed by atoms with Crippen molar-refractivity contribution in [3.63, 3.8) is 0 Å². The summed E-state index contributed by atoms with van der Waals surface area (Å²) < 4.78 is 2.23. The zero-order valence-corrected chi connectivity index (χ0v) is 12.0. The maximum Gasteiger partial charge on any atom is 0.122 e. The molecule has 0 aliphatic rings. The molecule has 0 saturated heterocycles. The van der Waals surface area contributed by atoms with Crippen molar-refractivity contribution >= 4 is 11.3 Å². The van der Waals surface area contributed by atoms with Gasteiger partial charge in [-0.2, -0.15) is 0 Å². The molecular formula is C14H21N3S. The molecule has 3 nitrogen and oxygen atoms in total. The molecule has 0 saturated carbocycles. The molecule has 2 aromatic heterocycles. The van der Waals surface area contributed by atoms with Gasteiger partial charge in [-0.3, -0.25) is 0 Å². The van der Waals surface area contributed by atoms with Crippen molar-refractivity contribution in [1.82, 2.24) is 14.9 Å². The number of hydrogen-bond donors (Lipinski definition) is 1. The van der Waals surface area contributed by atoms with E-state index >= 15 is 0 Å². The lowest BCUT2D eigenvalue weighted by atomic mass is 10.3. The summed E-state index contributed by atoms with van der Waals surface area (Å²) in [6, 6.07) is 4.46. The van der Waals surface area contributed by atoms with Crippen LogP contribution in [0.3, 0.4) is 0 Å². The first-order chi connectivity index (χ1) is 8.83. The van der Waals surface area contributed by atoms with Crippen molar-refractivity contribution in [2.45, 2.75) is 39.8 Å². The lowest BCUT2D eigenvalue weighted by Gasteiger charge is -2.07. The summed E-state index contributed by atoms with van der Waals surface area (Å²) >= 11 is 1.90. The van der Waals surface area contributed by atoms with Crippen LogP contribution >= 0.6 is 11.3 Å². The lowest BCUT2D eigenvalue weighted by molar-refractivity contribution is 0.617. The highest BCUT2D eigenvalue weighted by atomic mass is 32.1. The average molecular weight is 263 g/mol. The minimum absolute atomic E-state index is 0.854. The van der Waals surface area contributed by atoms with Crippen LogP contribution in [0.15, 0.2) is 24.5 Å². The molecule has 0 spiro atoms. The van der Waals surface area contributed by atoms with Crippen LogP contribution in [0.5, 0.6) is 0 Å². The standard InChI is InChI=1S/C14H21N3S/c1-3-7-15-10-14-16-8-9-17(14)11-13-6-5-12(4-2)18-13/h5-6,8-9,15H,3-4,7,10-11H2,1-2H3. The predicted octanol–water partition coefficient (Wildman–Crippen LogP) is 3.05. The Kier molecular flexibility index (Phi) is 4.96. The Morgan fingerprint density at radius 3 is 2.83 bits per heavy atom. The molecule has 0 radical (unpaired) electrons. The molecule has 0 bridgehead atoms. The molecule has 18 heavy (non-hydrogen) atoms. The van der Waals surface area contributed by atoms with Crippen molar-refractivity contribution in [1.29, 1.82) is 0 Å². The number of thiophene rings is 1. The Morgan fingerprint density at radius 2 is 2.11 bits per heavy atom. The Hall–Kier alpha value is -1.13. The number of hydrogen-bond acceptors (Lipinski definition) is 3. The maximum absolute atomic E-state index is 4.42. The first-order valence-electron chi connectivity index (χ1n) is 6.61. The number of rotatable bonds is 7. The minimum Gasteiger partial charge on any atom is -0.329 e. The Bertz CT molecular complexity index is 473. The van der Waals surface area contributed by atoms with Crippen LogP contribution in [-0.4, -0.2) is 16.1 Å². The molecular weight excluding hydrogens is 242 g/mol. The van der Waals surface area contributed by atoms with Gasteiger partial charge < -0.3 is 9.88 Å². The van der Waals surface area contributed by atoms with E-state index in [2.05, 4.69) is 47.0 Å². The summed E-state index contributed by atoms with van der Waals surface area (Å²) in [5.74, 6) is 1.12. The molecule has 98 valence electrons. The molecule has 0 aromatic carbocycles. The molecule has 0 atom stereocenters. The van der Waals surface area contributed by atoms with Crippen molar-refractivity contribution in [3.8, 4) is 0 Å². The van der Waals surface area contributed by atoms with Crippen LogP contribution in [0.25, 0.3) is 0 Å². The normalized spacial score (nSPS) is 11.0. The van der Waals surface area contributed by atoms with E-state index in [-0.39, 0.29) is 0 Å². The highest BCUT2D eigenvalue weighted by Gasteiger charge is 2.04. The second-order valence-corrected chi connectivity index (χ2v) is 5.62. The first kappa shape index (κ1) is 13.3. The molecule has 2 rings (SSSR count). The van der Waals surface area contributed by atoms with Crippen LogP contribution in [0, 0.1) is 0 Å². The summed E-state index contributed by atoms with van der Waals surface area (Å²) in [6.45, 7) is 7.22. The van der Waals surface area contributed by atoms with E-state index in [9.17, 15) is 0 Å². The SMILES string of the molecule is CCCNCc1nccn1Cc1ccc(CC)s1. The van der Waals surface area contributed by atoms with Gasteiger partial charge >= 0.3 is 0 Å². The largest absolute Gasteiger partial charge is 0.329 e. The highest BCUT2D eigenvalue weighted by Crippen LogP contribution is 2.18. The van der Waals surface area contributed by atoms with Crippen LogP contribution in [0.4, 0.5) is 0 Å². The Balaban J connectivity index is 1.98. The minimum atomic E-state index is 0.854. The molecule has 0 aliphatic heterocycles. The molecule has 0 fully saturated rings. The van der Waals surface area contributed by atoms with Crippen LogP contribution < -0.4 is 5.32 Å². The molecule has 4 heteroatoms. The fourth-order valence-corrected chi connectivity index (χ4v) is 2.85. The topological polar surface area (TPSA) is 29.9 Å². The van der Waals surface area contributed by atoms with Gasteiger partial charge in [-0.25, -0.2) is 4.98 Å². The van der Waals surface area contributed by atoms with E-state index in [1.807, 2.05) is 17.5 Å². The van der Waals surface area contributed by atoms with E-state index in [4.69, 9.17) is 0 Å². The number of aromatic nitrogens is 2. The van der Waals surface area contributed by atoms with Gasteiger partial charge in [0.1, 0.15) is 5.82 Å². The number of nitrogens with zero attached hydrogens (tertiary/aromatic N) is 2. The lowest BCUT2D eigenvalue weighted by Crippen LogP contribution is -2.17. The van der Waals surface area contributed by atoms with Gasteiger partial charge in [-0.15, -0.1) is 11.3 Å². The monoisotopic (exact) mass is 263 g/mol. The summed E-state index contributed by atoms with van der Waals surface area (Å²) in [7, 11) is 0. The molecule has 0 unspecified atom stereocenters. The van der Waals surface area contributed by atoms with Crippen LogP contribution in [0.2, 0.25) is 0 Å². The predicted molar refractivity (Wildman–Crippen MR) is 77.0 cm³/mol. The number of imidazole rings is 1. The van der Waals surface area contributed by atoms with Gasteiger partial charge in [0.2, 0.25) is 0 Å². The van der Waals surface area contributed by atoms with Crippen LogP contribution in [-0.2, 0) is 19.5 Å². The number of aryl methyl sites for hydroxylation is 1. The van der Waals surface area contributed by atoms with Gasteiger partial charge in [-0.1, -0.05) is 13.8 Å². The smallest absolute Gasteiger partial charge is 0.122 e. The highest BCUT2D eigenvalue weighted by molar-refractivity contribution is 7.11. The molecule has 2 heterocycles. The molecule has 2 aromatic rings. The van der Waals surface area contributed by atoms with Crippen LogP contribution in [0.1, 0.15) is 35.8 Å². The van der Waals surface area contributed by atoms with Gasteiger partial charge in [-0.05, 0) is 31.5 Å². The van der Waals surface area contributed by atoms with Gasteiger partial charge in [0.25, 0.3) is 0 Å². The zero-order valence-electron chi connectivity index (χ0n) is 11.1. The van der Waals surface area contributed by atoms with Crippen molar-refractivity contribution in [3.05, 3.63) is 40.1 Å². The van der Waals surface area contributed by atoms with Gasteiger partial charge in [0.05, 0.1) is 13.1 Å². The van der Waals surface area contributed by atoms with Crippen molar-refractivity contribution in [2.75, 3.05) is 6.54 Å². The third-order valence-corrected chi connectivity index (χ3v) is 4.12. The van der Waals surface area contributed by atoms with E-state index in [1.54, 1.807) is 0 Å². The first-order valence-corrected chi connectivity index (χ1v) is 7.43. The fraction of sp³-hybridized carbons (Fsp3) is 0.500. The number of nitrogens with one attached hydrogen (secondary N) is 1. The second-order valence-electron chi connectivity index (χ2n) is 4.37. The zero-order chi connectivity index (χ0) is 12.8. The summed E-state index contributed by atoms with van der Waals surface area (Å²) in [5.41, 5.74) is 0. The third-order valence-electron chi connectivity index (χ3n) is 2.90. The fourth-order valence-electron chi connectivity index (χ4n) is 1.89. The van der Waals surface area contributed by atoms with Crippen molar-refractivity contribution in [2.24, 2.45) is 0 Å². The van der Waals surface area contributed by atoms with E-state index < -0.39 is 0 Å². The van der Waals surface area contributed by atoms with E-state index in [0.717, 1.165) is 38.3 Å².